The lowest BCUT2D eigenvalue weighted by Crippen LogP contribution is -2.46. The predicted octanol–water partition coefficient (Wildman–Crippen LogP) is 4.44. The first-order chi connectivity index (χ1) is 12.9. The highest BCUT2D eigenvalue weighted by molar-refractivity contribution is 4.69. The molecule has 0 spiro atoms. The summed E-state index contributed by atoms with van der Waals surface area (Å²) in [5, 5.41) is 0. The molecule has 0 N–H and O–H groups in total. The van der Waals surface area contributed by atoms with Crippen molar-refractivity contribution >= 4 is 0 Å². The molecule has 0 radical (unpaired) electrons. The highest BCUT2D eigenvalue weighted by Gasteiger charge is 2.52. The van der Waals surface area contributed by atoms with Crippen molar-refractivity contribution in [2.45, 2.75) is 43.8 Å². The van der Waals surface area contributed by atoms with Gasteiger partial charge in [0.05, 0.1) is 19.8 Å². The minimum atomic E-state index is -5.87. The molecule has 174 valence electrons. The molecule has 0 saturated carbocycles. The number of alkyl halides is 12. The molecular weight excluding hydrogens is 452 g/mol. The Labute approximate surface area is 154 Å². The maximum absolute atomic E-state index is 13.3. The number of hydrogen-bond donors (Lipinski definition) is 0. The summed E-state index contributed by atoms with van der Waals surface area (Å²) in [7, 11) is 0. The van der Waals surface area contributed by atoms with Crippen LogP contribution in [0.25, 0.3) is 0 Å². The quantitative estimate of drug-likeness (QED) is 0.229. The van der Waals surface area contributed by atoms with Gasteiger partial charge in [0.2, 0.25) is 0 Å². The summed E-state index contributed by atoms with van der Waals surface area (Å²) in [5.74, 6) is 0. The van der Waals surface area contributed by atoms with Gasteiger partial charge in [0.1, 0.15) is 6.10 Å². The van der Waals surface area contributed by atoms with Crippen molar-refractivity contribution in [3.05, 3.63) is 12.7 Å². The molecule has 0 aromatic carbocycles. The van der Waals surface area contributed by atoms with Crippen LogP contribution in [-0.2, 0) is 23.7 Å². The number of halogens is 12. The highest BCUT2D eigenvalue weighted by Crippen LogP contribution is 2.33. The Balaban J connectivity index is 5.10. The third kappa shape index (κ3) is 12.1. The second kappa shape index (κ2) is 10.6. The van der Waals surface area contributed by atoms with Gasteiger partial charge >= 0.3 is 24.9 Å². The molecule has 0 aliphatic carbocycles. The average Bonchev–Trinajstić information content (AvgIpc) is 2.49. The van der Waals surface area contributed by atoms with Crippen LogP contribution in [0.3, 0.4) is 0 Å². The summed E-state index contributed by atoms with van der Waals surface area (Å²) in [5.41, 5.74) is 0. The molecule has 29 heavy (non-hydrogen) atoms. The van der Waals surface area contributed by atoms with Crippen molar-refractivity contribution in [2.24, 2.45) is 0 Å². The van der Waals surface area contributed by atoms with Crippen molar-refractivity contribution in [1.29, 1.82) is 0 Å². The standard InChI is InChI=1S/C12H12F12O5/c1-2-3-25-4-6(27-10(17,18)8(14)29-12(22,23)24)5-26-9(15,16)7(13)28-11(19,20)21/h2,6-8H,1,3-5H2. The lowest BCUT2D eigenvalue weighted by Gasteiger charge is -2.28. The minimum absolute atomic E-state index is 0.456. The van der Waals surface area contributed by atoms with E-state index in [0.29, 0.717) is 0 Å². The van der Waals surface area contributed by atoms with Crippen LogP contribution >= 0.6 is 0 Å². The summed E-state index contributed by atoms with van der Waals surface area (Å²) in [4.78, 5) is 0. The van der Waals surface area contributed by atoms with Crippen molar-refractivity contribution in [3.63, 3.8) is 0 Å². The zero-order chi connectivity index (χ0) is 23.1. The van der Waals surface area contributed by atoms with Gasteiger partial charge in [-0.05, 0) is 0 Å². The molecule has 3 unspecified atom stereocenters. The van der Waals surface area contributed by atoms with Crippen LogP contribution in [0.15, 0.2) is 12.7 Å². The lowest BCUT2D eigenvalue weighted by molar-refractivity contribution is -0.439. The maximum atomic E-state index is 13.3. The van der Waals surface area contributed by atoms with E-state index in [1.54, 1.807) is 0 Å². The van der Waals surface area contributed by atoms with Gasteiger partial charge in [0.25, 0.3) is 12.7 Å². The fourth-order valence-electron chi connectivity index (χ4n) is 1.32. The van der Waals surface area contributed by atoms with Gasteiger partial charge in [-0.3, -0.25) is 0 Å². The first kappa shape index (κ1) is 27.7. The van der Waals surface area contributed by atoms with Crippen LogP contribution in [0.2, 0.25) is 0 Å². The third-order valence-corrected chi connectivity index (χ3v) is 2.33. The largest absolute Gasteiger partial charge is 0.525 e. The van der Waals surface area contributed by atoms with E-state index in [1.807, 2.05) is 0 Å². The second-order valence-electron chi connectivity index (χ2n) is 4.76. The first-order valence-electron chi connectivity index (χ1n) is 6.93. The van der Waals surface area contributed by atoms with Crippen LogP contribution in [0.4, 0.5) is 52.7 Å². The monoisotopic (exact) mass is 464 g/mol. The Hall–Kier alpha value is -1.30. The van der Waals surface area contributed by atoms with Crippen molar-refractivity contribution in [3.8, 4) is 0 Å². The molecule has 0 aromatic heterocycles. The molecule has 0 aromatic rings. The van der Waals surface area contributed by atoms with Crippen molar-refractivity contribution in [2.75, 3.05) is 19.8 Å². The Kier molecular flexibility index (Phi) is 10.2. The molecular formula is C12H12F12O5. The summed E-state index contributed by atoms with van der Waals surface area (Å²) in [6.45, 7) is -0.431. The fourth-order valence-corrected chi connectivity index (χ4v) is 1.32. The summed E-state index contributed by atoms with van der Waals surface area (Å²) < 4.78 is 165. The maximum Gasteiger partial charge on any atom is 0.525 e. The molecule has 5 nitrogen and oxygen atoms in total. The van der Waals surface area contributed by atoms with Gasteiger partial charge < -0.3 is 14.2 Å². The average molecular weight is 464 g/mol. The van der Waals surface area contributed by atoms with E-state index in [9.17, 15) is 52.7 Å². The van der Waals surface area contributed by atoms with E-state index in [-0.39, 0.29) is 0 Å². The first-order valence-corrected chi connectivity index (χ1v) is 6.93. The molecule has 0 fully saturated rings. The van der Waals surface area contributed by atoms with Gasteiger partial charge in [0.15, 0.2) is 0 Å². The number of ether oxygens (including phenoxy) is 5. The van der Waals surface area contributed by atoms with Crippen LogP contribution in [0, 0.1) is 0 Å². The highest BCUT2D eigenvalue weighted by atomic mass is 19.4. The molecule has 0 saturated heterocycles. The summed E-state index contributed by atoms with van der Waals surface area (Å²) >= 11 is 0. The van der Waals surface area contributed by atoms with Crippen LogP contribution in [-0.4, -0.2) is 63.6 Å². The molecule has 17 heteroatoms. The van der Waals surface area contributed by atoms with Gasteiger partial charge in [-0.15, -0.1) is 32.9 Å². The second-order valence-corrected chi connectivity index (χ2v) is 4.76. The van der Waals surface area contributed by atoms with Gasteiger partial charge in [-0.25, -0.2) is 18.3 Å². The van der Waals surface area contributed by atoms with Crippen LogP contribution in [0.1, 0.15) is 0 Å². The fraction of sp³-hybridized carbons (Fsp3) is 0.833. The predicted molar refractivity (Wildman–Crippen MR) is 65.8 cm³/mol. The van der Waals surface area contributed by atoms with E-state index >= 15 is 0 Å². The van der Waals surface area contributed by atoms with Gasteiger partial charge in [-0.1, -0.05) is 6.08 Å². The SMILES string of the molecule is C=CCOCC(COC(F)(F)C(F)OC(F)(F)F)OC(F)(F)C(F)OC(F)(F)F. The normalized spacial score (nSPS) is 17.1. The third-order valence-electron chi connectivity index (χ3n) is 2.33. The minimum Gasteiger partial charge on any atom is -0.375 e. The van der Waals surface area contributed by atoms with E-state index < -0.39 is 63.6 Å². The van der Waals surface area contributed by atoms with Crippen LogP contribution < -0.4 is 0 Å². The van der Waals surface area contributed by atoms with E-state index in [1.165, 1.54) is 0 Å². The van der Waals surface area contributed by atoms with E-state index in [2.05, 4.69) is 30.3 Å². The Bertz CT molecular complexity index is 495. The lowest BCUT2D eigenvalue weighted by atomic mass is 10.4. The summed E-state index contributed by atoms with van der Waals surface area (Å²) in [6.07, 6.45) is -33.0. The molecule has 0 rings (SSSR count). The van der Waals surface area contributed by atoms with Crippen molar-refractivity contribution < 1.29 is 76.4 Å². The Morgan fingerprint density at radius 3 is 1.55 bits per heavy atom. The van der Waals surface area contributed by atoms with E-state index in [0.717, 1.165) is 6.08 Å². The molecule has 0 aliphatic heterocycles. The number of hydrogen-bond acceptors (Lipinski definition) is 5. The molecule has 0 amide bonds. The smallest absolute Gasteiger partial charge is 0.375 e. The Morgan fingerprint density at radius 1 is 0.690 bits per heavy atom. The molecule has 0 bridgehead atoms. The van der Waals surface area contributed by atoms with Crippen molar-refractivity contribution in [1.82, 2.24) is 0 Å². The zero-order valence-corrected chi connectivity index (χ0v) is 13.7. The Morgan fingerprint density at radius 2 is 1.14 bits per heavy atom. The topological polar surface area (TPSA) is 46.2 Å². The molecule has 3 atom stereocenters. The number of rotatable bonds is 13. The summed E-state index contributed by atoms with van der Waals surface area (Å²) in [6, 6.07) is 0. The molecule has 0 aliphatic rings. The van der Waals surface area contributed by atoms with Crippen LogP contribution in [0.5, 0.6) is 0 Å². The van der Waals surface area contributed by atoms with Gasteiger partial charge in [-0.2, -0.15) is 17.6 Å². The van der Waals surface area contributed by atoms with E-state index in [4.69, 9.17) is 0 Å². The zero-order valence-electron chi connectivity index (χ0n) is 13.7. The molecule has 0 heterocycles. The van der Waals surface area contributed by atoms with Gasteiger partial charge in [0, 0.05) is 0 Å².